The average molecular weight is 414 g/mol. The van der Waals surface area contributed by atoms with E-state index in [2.05, 4.69) is 82.7 Å². The third-order valence-electron chi connectivity index (χ3n) is 7.06. The second-order valence-electron chi connectivity index (χ2n) is 9.04. The number of anilines is 1. The Balaban J connectivity index is 1.36. The number of hydrogen-bond acceptors (Lipinski definition) is 3. The van der Waals surface area contributed by atoms with E-state index in [4.69, 9.17) is 0 Å². The molecule has 0 aromatic heterocycles. The van der Waals surface area contributed by atoms with Crippen LogP contribution in [-0.4, -0.2) is 43.0 Å². The molecule has 31 heavy (non-hydrogen) atoms. The molecule has 0 spiro atoms. The first-order valence-electron chi connectivity index (χ1n) is 11.5. The van der Waals surface area contributed by atoms with E-state index in [-0.39, 0.29) is 11.9 Å². The van der Waals surface area contributed by atoms with Gasteiger partial charge in [0.25, 0.3) is 5.91 Å². The molecule has 1 unspecified atom stereocenters. The van der Waals surface area contributed by atoms with E-state index < -0.39 is 0 Å². The zero-order valence-electron chi connectivity index (χ0n) is 18.5. The van der Waals surface area contributed by atoms with Gasteiger partial charge in [-0.3, -0.25) is 9.69 Å². The molecule has 0 saturated carbocycles. The molecule has 1 N–H and O–H groups in total. The fourth-order valence-electron chi connectivity index (χ4n) is 5.26. The van der Waals surface area contributed by atoms with Gasteiger partial charge in [-0.25, -0.2) is 0 Å². The Labute approximate surface area is 184 Å². The van der Waals surface area contributed by atoms with Gasteiger partial charge in [0.1, 0.15) is 0 Å². The van der Waals surface area contributed by atoms with Crippen LogP contribution in [-0.2, 0) is 0 Å². The highest BCUT2D eigenvalue weighted by atomic mass is 16.1. The van der Waals surface area contributed by atoms with Crippen molar-refractivity contribution in [3.05, 3.63) is 77.4 Å². The van der Waals surface area contributed by atoms with Gasteiger partial charge in [0.2, 0.25) is 0 Å². The van der Waals surface area contributed by atoms with Gasteiger partial charge in [-0.2, -0.15) is 0 Å². The van der Waals surface area contributed by atoms with Crippen molar-refractivity contribution in [2.75, 3.05) is 31.1 Å². The number of piperazine rings is 1. The minimum Gasteiger partial charge on any atom is -0.369 e. The topological polar surface area (TPSA) is 35.6 Å². The molecular weight excluding hydrogens is 382 g/mol. The molecule has 1 amide bonds. The standard InChI is InChI=1S/C27H31N3O/c1-19-12-13-22(30-16-15-29-14-6-9-23(29)18-30)17-26(19)27(31)28-20(2)24-11-5-8-21-7-3-4-10-25(21)24/h3-5,7-8,10-13,17,20,23H,6,9,14-16,18H2,1-2H3,(H,28,31)/t20-,23?/m1/s1. The summed E-state index contributed by atoms with van der Waals surface area (Å²) >= 11 is 0. The molecule has 2 aliphatic heterocycles. The monoisotopic (exact) mass is 413 g/mol. The normalized spacial score (nSPS) is 19.9. The second kappa shape index (κ2) is 8.35. The summed E-state index contributed by atoms with van der Waals surface area (Å²) in [4.78, 5) is 18.3. The largest absolute Gasteiger partial charge is 0.369 e. The second-order valence-corrected chi connectivity index (χ2v) is 9.04. The van der Waals surface area contributed by atoms with E-state index >= 15 is 0 Å². The minimum atomic E-state index is -0.0660. The SMILES string of the molecule is Cc1ccc(N2CCN3CCCC3C2)cc1C(=O)N[C@H](C)c1cccc2ccccc12. The molecule has 2 fully saturated rings. The highest BCUT2D eigenvalue weighted by Crippen LogP contribution is 2.28. The molecule has 0 bridgehead atoms. The zero-order chi connectivity index (χ0) is 21.4. The van der Waals surface area contributed by atoms with Gasteiger partial charge in [-0.15, -0.1) is 0 Å². The number of rotatable bonds is 4. The lowest BCUT2D eigenvalue weighted by atomic mass is 9.99. The van der Waals surface area contributed by atoms with Gasteiger partial charge in [-0.05, 0) is 67.3 Å². The number of hydrogen-bond donors (Lipinski definition) is 1. The molecule has 5 rings (SSSR count). The number of nitrogens with zero attached hydrogens (tertiary/aromatic N) is 2. The molecular formula is C27H31N3O. The zero-order valence-corrected chi connectivity index (χ0v) is 18.5. The number of amides is 1. The number of carbonyl (C=O) groups excluding carboxylic acids is 1. The molecule has 4 nitrogen and oxygen atoms in total. The highest BCUT2D eigenvalue weighted by Gasteiger charge is 2.30. The maximum atomic E-state index is 13.3. The molecule has 3 aromatic carbocycles. The lowest BCUT2D eigenvalue weighted by molar-refractivity contribution is 0.0939. The summed E-state index contributed by atoms with van der Waals surface area (Å²) in [6.45, 7) is 8.56. The van der Waals surface area contributed by atoms with Gasteiger partial charge in [0.05, 0.1) is 6.04 Å². The van der Waals surface area contributed by atoms with Crippen molar-refractivity contribution in [2.24, 2.45) is 0 Å². The molecule has 2 atom stereocenters. The number of aryl methyl sites for hydroxylation is 1. The number of benzene rings is 3. The summed E-state index contributed by atoms with van der Waals surface area (Å²) in [7, 11) is 0. The summed E-state index contributed by atoms with van der Waals surface area (Å²) < 4.78 is 0. The van der Waals surface area contributed by atoms with Crippen LogP contribution in [0, 0.1) is 6.92 Å². The number of nitrogens with one attached hydrogen (secondary N) is 1. The third kappa shape index (κ3) is 3.92. The van der Waals surface area contributed by atoms with Crippen LogP contribution in [0.3, 0.4) is 0 Å². The van der Waals surface area contributed by atoms with E-state index in [1.54, 1.807) is 0 Å². The van der Waals surface area contributed by atoms with Gasteiger partial charge in [0.15, 0.2) is 0 Å². The van der Waals surface area contributed by atoms with Crippen LogP contribution in [0.4, 0.5) is 5.69 Å². The Morgan fingerprint density at radius 3 is 2.77 bits per heavy atom. The maximum absolute atomic E-state index is 13.3. The van der Waals surface area contributed by atoms with Crippen molar-refractivity contribution >= 4 is 22.4 Å². The van der Waals surface area contributed by atoms with Crippen molar-refractivity contribution in [3.8, 4) is 0 Å². The summed E-state index contributed by atoms with van der Waals surface area (Å²) in [6.07, 6.45) is 2.60. The van der Waals surface area contributed by atoms with Crippen LogP contribution in [0.2, 0.25) is 0 Å². The number of carbonyl (C=O) groups is 1. The summed E-state index contributed by atoms with van der Waals surface area (Å²) in [5, 5.41) is 5.64. The molecule has 0 radical (unpaired) electrons. The lowest BCUT2D eigenvalue weighted by Crippen LogP contribution is -2.50. The maximum Gasteiger partial charge on any atom is 0.252 e. The van der Waals surface area contributed by atoms with Gasteiger partial charge < -0.3 is 10.2 Å². The van der Waals surface area contributed by atoms with Gasteiger partial charge in [0, 0.05) is 36.9 Å². The van der Waals surface area contributed by atoms with E-state index in [1.807, 2.05) is 6.92 Å². The van der Waals surface area contributed by atoms with Crippen LogP contribution in [0.25, 0.3) is 10.8 Å². The first-order chi connectivity index (χ1) is 15.1. The van der Waals surface area contributed by atoms with E-state index in [1.165, 1.54) is 35.8 Å². The van der Waals surface area contributed by atoms with Crippen molar-refractivity contribution in [1.29, 1.82) is 0 Å². The van der Waals surface area contributed by atoms with Crippen LogP contribution in [0.15, 0.2) is 60.7 Å². The van der Waals surface area contributed by atoms with E-state index in [9.17, 15) is 4.79 Å². The average Bonchev–Trinajstić information content (AvgIpc) is 3.27. The molecule has 0 aliphatic carbocycles. The Bertz CT molecular complexity index is 1100. The summed E-state index contributed by atoms with van der Waals surface area (Å²) in [5.41, 5.74) is 4.11. The predicted octanol–water partition coefficient (Wildman–Crippen LogP) is 4.92. The van der Waals surface area contributed by atoms with Crippen molar-refractivity contribution in [1.82, 2.24) is 10.2 Å². The lowest BCUT2D eigenvalue weighted by Gasteiger charge is -2.39. The Morgan fingerprint density at radius 1 is 1.03 bits per heavy atom. The van der Waals surface area contributed by atoms with Crippen LogP contribution in [0.5, 0.6) is 0 Å². The quantitative estimate of drug-likeness (QED) is 0.659. The molecule has 2 heterocycles. The van der Waals surface area contributed by atoms with Crippen molar-refractivity contribution in [3.63, 3.8) is 0 Å². The molecule has 3 aromatic rings. The van der Waals surface area contributed by atoms with Crippen molar-refractivity contribution < 1.29 is 4.79 Å². The van der Waals surface area contributed by atoms with E-state index in [0.29, 0.717) is 6.04 Å². The van der Waals surface area contributed by atoms with E-state index in [0.717, 1.165) is 36.3 Å². The molecule has 2 saturated heterocycles. The molecule has 2 aliphatic rings. The predicted molar refractivity (Wildman–Crippen MR) is 128 cm³/mol. The first kappa shape index (κ1) is 20.1. The van der Waals surface area contributed by atoms with Crippen LogP contribution >= 0.6 is 0 Å². The summed E-state index contributed by atoms with van der Waals surface area (Å²) in [6, 6.07) is 21.6. The smallest absolute Gasteiger partial charge is 0.252 e. The van der Waals surface area contributed by atoms with Gasteiger partial charge >= 0.3 is 0 Å². The highest BCUT2D eigenvalue weighted by molar-refractivity contribution is 5.97. The number of fused-ring (bicyclic) bond motifs is 2. The first-order valence-corrected chi connectivity index (χ1v) is 11.5. The molecule has 4 heteroatoms. The Morgan fingerprint density at radius 2 is 1.87 bits per heavy atom. The fourth-order valence-corrected chi connectivity index (χ4v) is 5.26. The molecule has 160 valence electrons. The Kier molecular flexibility index (Phi) is 5.41. The Hall–Kier alpha value is -2.85. The van der Waals surface area contributed by atoms with Gasteiger partial charge in [-0.1, -0.05) is 48.5 Å². The minimum absolute atomic E-state index is 0.000661. The summed E-state index contributed by atoms with van der Waals surface area (Å²) in [5.74, 6) is -0.000661. The van der Waals surface area contributed by atoms with Crippen molar-refractivity contribution in [2.45, 2.75) is 38.8 Å². The third-order valence-corrected chi connectivity index (χ3v) is 7.06. The van der Waals surface area contributed by atoms with Crippen LogP contribution < -0.4 is 10.2 Å². The van der Waals surface area contributed by atoms with Crippen LogP contribution in [0.1, 0.15) is 47.3 Å². The fraction of sp³-hybridized carbons (Fsp3) is 0.370.